The molecule has 14 nitrogen and oxygen atoms in total. The van der Waals surface area contributed by atoms with Crippen molar-refractivity contribution in [3.63, 3.8) is 0 Å². The van der Waals surface area contributed by atoms with Crippen molar-refractivity contribution in [2.24, 2.45) is 17.8 Å². The highest BCUT2D eigenvalue weighted by atomic mass is 16.6. The summed E-state index contributed by atoms with van der Waals surface area (Å²) in [5.74, 6) is -3.26. The number of nitrogens with one attached hydrogen (secondary N) is 3. The largest absolute Gasteiger partial charge is 0.451 e. The highest BCUT2D eigenvalue weighted by Gasteiger charge is 2.47. The van der Waals surface area contributed by atoms with E-state index in [0.717, 1.165) is 0 Å². The first-order chi connectivity index (χ1) is 21.8. The molecule has 46 heavy (non-hydrogen) atoms. The van der Waals surface area contributed by atoms with Crippen molar-refractivity contribution in [1.82, 2.24) is 36.0 Å². The van der Waals surface area contributed by atoms with E-state index < -0.39 is 60.0 Å². The number of esters is 1. The predicted octanol–water partition coefficient (Wildman–Crippen LogP) is 0.564. The minimum absolute atomic E-state index is 0.0154. The highest BCUT2D eigenvalue weighted by molar-refractivity contribution is 5.97. The van der Waals surface area contributed by atoms with Gasteiger partial charge in [-0.3, -0.25) is 34.0 Å². The molecule has 0 bridgehead atoms. The van der Waals surface area contributed by atoms with Gasteiger partial charge in [-0.05, 0) is 62.7 Å². The van der Waals surface area contributed by atoms with Crippen LogP contribution in [-0.2, 0) is 33.5 Å². The van der Waals surface area contributed by atoms with E-state index in [1.54, 1.807) is 27.8 Å². The van der Waals surface area contributed by atoms with Gasteiger partial charge >= 0.3 is 5.97 Å². The lowest BCUT2D eigenvalue weighted by Gasteiger charge is -2.44. The van der Waals surface area contributed by atoms with Gasteiger partial charge in [-0.1, -0.05) is 41.5 Å². The molecule has 0 aromatic rings. The summed E-state index contributed by atoms with van der Waals surface area (Å²) < 4.78 is 5.75. The van der Waals surface area contributed by atoms with Gasteiger partial charge in [0.25, 0.3) is 11.8 Å². The van der Waals surface area contributed by atoms with E-state index in [-0.39, 0.29) is 36.0 Å². The molecule has 0 radical (unpaired) electrons. The zero-order valence-electron chi connectivity index (χ0n) is 28.4. The average molecular weight is 648 g/mol. The molecule has 4 fully saturated rings. The van der Waals surface area contributed by atoms with Crippen LogP contribution in [0, 0.1) is 17.8 Å². The van der Waals surface area contributed by atoms with E-state index >= 15 is 0 Å². The Labute approximate surface area is 272 Å². The van der Waals surface area contributed by atoms with Gasteiger partial charge in [-0.2, -0.15) is 0 Å². The molecule has 5 amide bonds. The second kappa shape index (κ2) is 15.1. The quantitative estimate of drug-likeness (QED) is 0.371. The molecule has 0 aromatic heterocycles. The Morgan fingerprint density at radius 3 is 1.98 bits per heavy atom. The summed E-state index contributed by atoms with van der Waals surface area (Å²) in [5, 5.41) is 5.39. The maximum Gasteiger partial charge on any atom is 0.329 e. The minimum Gasteiger partial charge on any atom is -0.451 e. The van der Waals surface area contributed by atoms with Crippen LogP contribution in [0.2, 0.25) is 0 Å². The number of likely N-dealkylation sites (N-methyl/N-ethyl adjacent to an activating group) is 1. The van der Waals surface area contributed by atoms with Gasteiger partial charge in [0.2, 0.25) is 17.7 Å². The van der Waals surface area contributed by atoms with Gasteiger partial charge < -0.3 is 19.9 Å². The first kappa shape index (κ1) is 35.6. The van der Waals surface area contributed by atoms with Crippen molar-refractivity contribution in [2.45, 2.75) is 123 Å². The van der Waals surface area contributed by atoms with Crippen molar-refractivity contribution in [3.8, 4) is 0 Å². The minimum atomic E-state index is -1.20. The van der Waals surface area contributed by atoms with Crippen LogP contribution in [-0.4, -0.2) is 118 Å². The second-order valence-corrected chi connectivity index (χ2v) is 14.1. The molecule has 7 atom stereocenters. The topological polar surface area (TPSA) is 161 Å². The summed E-state index contributed by atoms with van der Waals surface area (Å²) in [7, 11) is 1.59. The van der Waals surface area contributed by atoms with Gasteiger partial charge in [0, 0.05) is 26.7 Å². The van der Waals surface area contributed by atoms with Crippen molar-refractivity contribution >= 4 is 35.5 Å². The third-order valence-corrected chi connectivity index (χ3v) is 9.56. The number of hydrogen-bond donors (Lipinski definition) is 3. The van der Waals surface area contributed by atoms with Crippen LogP contribution < -0.4 is 16.2 Å². The Bertz CT molecular complexity index is 1180. The van der Waals surface area contributed by atoms with Gasteiger partial charge in [-0.25, -0.2) is 15.6 Å². The fourth-order valence-electron chi connectivity index (χ4n) is 6.97. The van der Waals surface area contributed by atoms with Crippen LogP contribution in [0.4, 0.5) is 0 Å². The predicted molar refractivity (Wildman–Crippen MR) is 168 cm³/mol. The third kappa shape index (κ3) is 7.48. The molecular weight excluding hydrogens is 594 g/mol. The molecular formula is C32H53N7O7. The molecule has 0 unspecified atom stereocenters. The molecule has 0 saturated carbocycles. The van der Waals surface area contributed by atoms with E-state index in [9.17, 15) is 28.8 Å². The van der Waals surface area contributed by atoms with Crippen molar-refractivity contribution in [3.05, 3.63) is 0 Å². The van der Waals surface area contributed by atoms with Crippen LogP contribution in [0.15, 0.2) is 0 Å². The lowest BCUT2D eigenvalue weighted by Crippen LogP contribution is -2.67. The summed E-state index contributed by atoms with van der Waals surface area (Å²) in [5.41, 5.74) is 6.12. The Hall–Kier alpha value is -3.26. The molecule has 4 rings (SSSR count). The van der Waals surface area contributed by atoms with E-state index in [1.165, 1.54) is 19.8 Å². The van der Waals surface area contributed by atoms with Crippen LogP contribution in [0.25, 0.3) is 0 Å². The average Bonchev–Trinajstić information content (AvgIpc) is 3.44. The smallest absolute Gasteiger partial charge is 0.329 e. The lowest BCUT2D eigenvalue weighted by atomic mass is 9.98. The highest BCUT2D eigenvalue weighted by Crippen LogP contribution is 2.28. The fraction of sp³-hybridized carbons (Fsp3) is 0.812. The standard InChI is InChI=1S/C32H53N7O7/c1-8-25-31(44)39-22(12-10-14-34-39)30(43)38-21(11-9-13-33-38)28(41)36(7)24(15-18(2)3)29(42)37-17-20(6)16-23(37)27(40)35-26(19(4)5)32(45)46-25/h18-26,33-34H,8-17H2,1-7H3,(H,35,40)/t20-,21+,22-,23+,24-,25+,26+/m1/s1. The van der Waals surface area contributed by atoms with Gasteiger partial charge in [-0.15, -0.1) is 0 Å². The van der Waals surface area contributed by atoms with E-state index in [1.807, 2.05) is 20.8 Å². The van der Waals surface area contributed by atoms with Crippen LogP contribution in [0.1, 0.15) is 86.5 Å². The lowest BCUT2D eigenvalue weighted by molar-refractivity contribution is -0.172. The molecule has 0 aliphatic carbocycles. The summed E-state index contributed by atoms with van der Waals surface area (Å²) in [6.07, 6.45) is 1.70. The van der Waals surface area contributed by atoms with Crippen LogP contribution >= 0.6 is 0 Å². The molecule has 0 aromatic carbocycles. The Morgan fingerprint density at radius 2 is 1.41 bits per heavy atom. The summed E-state index contributed by atoms with van der Waals surface area (Å²) in [4.78, 5) is 87.0. The zero-order chi connectivity index (χ0) is 33.9. The summed E-state index contributed by atoms with van der Waals surface area (Å²) >= 11 is 0. The number of carbonyl (C=O) groups excluding carboxylic acids is 6. The third-order valence-electron chi connectivity index (χ3n) is 9.56. The first-order valence-electron chi connectivity index (χ1n) is 17.0. The van der Waals surface area contributed by atoms with Gasteiger partial charge in [0.1, 0.15) is 30.2 Å². The number of hydrazine groups is 2. The number of cyclic esters (lactones) is 1. The maximum absolute atomic E-state index is 14.3. The van der Waals surface area contributed by atoms with E-state index in [2.05, 4.69) is 16.2 Å². The Balaban J connectivity index is 1.79. The SMILES string of the molecule is CC[C@@H]1OC(=O)[C@H](C(C)C)NC(=O)[C@@H]2C[C@@H](C)CN2C(=O)[C@@H](CC(C)C)N(C)C(=O)[C@@H]2CCCNN2C(=O)[C@H]2CCCNN2C1=O. The zero-order valence-corrected chi connectivity index (χ0v) is 28.4. The number of nitrogens with zero attached hydrogens (tertiary/aromatic N) is 4. The molecule has 4 heterocycles. The Kier molecular flexibility index (Phi) is 11.7. The normalized spacial score (nSPS) is 32.6. The number of amides is 5. The van der Waals surface area contributed by atoms with Crippen molar-refractivity contribution in [2.75, 3.05) is 26.7 Å². The number of carbonyl (C=O) groups is 6. The molecule has 4 saturated heterocycles. The fourth-order valence-corrected chi connectivity index (χ4v) is 6.97. The molecule has 14 heteroatoms. The maximum atomic E-state index is 14.3. The number of fused-ring (bicyclic) bond motifs is 3. The van der Waals surface area contributed by atoms with Gasteiger partial charge in [0.15, 0.2) is 6.10 Å². The molecule has 4 aliphatic heterocycles. The molecule has 4 aliphatic rings. The van der Waals surface area contributed by atoms with Gasteiger partial charge in [0.05, 0.1) is 0 Å². The van der Waals surface area contributed by atoms with E-state index in [4.69, 9.17) is 4.74 Å². The van der Waals surface area contributed by atoms with Crippen molar-refractivity contribution < 1.29 is 33.5 Å². The summed E-state index contributed by atoms with van der Waals surface area (Å²) in [6.45, 7) is 12.4. The molecule has 0 spiro atoms. The monoisotopic (exact) mass is 647 g/mol. The van der Waals surface area contributed by atoms with Crippen LogP contribution in [0.5, 0.6) is 0 Å². The molecule has 258 valence electrons. The second-order valence-electron chi connectivity index (χ2n) is 14.1. The number of hydrogen-bond acceptors (Lipinski definition) is 9. The van der Waals surface area contributed by atoms with Crippen molar-refractivity contribution in [1.29, 1.82) is 0 Å². The van der Waals surface area contributed by atoms with E-state index in [0.29, 0.717) is 58.2 Å². The first-order valence-corrected chi connectivity index (χ1v) is 17.0. The number of ether oxygens (including phenoxy) is 1. The molecule has 3 N–H and O–H groups in total. The van der Waals surface area contributed by atoms with Crippen LogP contribution in [0.3, 0.4) is 0 Å². The Morgan fingerprint density at radius 1 is 0.826 bits per heavy atom. The number of rotatable bonds is 4. The summed E-state index contributed by atoms with van der Waals surface area (Å²) in [6, 6.07) is -4.61.